The van der Waals surface area contributed by atoms with Crippen LogP contribution < -0.4 is 9.64 Å². The van der Waals surface area contributed by atoms with Crippen molar-refractivity contribution in [1.82, 2.24) is 4.90 Å². The third-order valence-electron chi connectivity index (χ3n) is 5.37. The number of amides is 1. The molecule has 0 aromatic heterocycles. The molecule has 148 valence electrons. The number of carbonyl (C=O) groups excluding carboxylic acids is 1. The third kappa shape index (κ3) is 4.60. The number of rotatable bonds is 5. The molecular weight excluding hydrogens is 360 g/mol. The van der Waals surface area contributed by atoms with E-state index in [1.807, 2.05) is 59.5 Å². The lowest BCUT2D eigenvalue weighted by Crippen LogP contribution is -2.49. The molecule has 0 saturated carbocycles. The highest BCUT2D eigenvalue weighted by atomic mass is 16.5. The van der Waals surface area contributed by atoms with Crippen LogP contribution in [0.1, 0.15) is 21.5 Å². The van der Waals surface area contributed by atoms with Gasteiger partial charge in [-0.25, -0.2) is 0 Å². The Morgan fingerprint density at radius 1 is 0.828 bits per heavy atom. The van der Waals surface area contributed by atoms with E-state index >= 15 is 0 Å². The van der Waals surface area contributed by atoms with Crippen LogP contribution in [0.2, 0.25) is 0 Å². The summed E-state index contributed by atoms with van der Waals surface area (Å²) in [6, 6.07) is 25.9. The van der Waals surface area contributed by atoms with Crippen LogP contribution in [-0.2, 0) is 6.61 Å². The molecule has 1 amide bonds. The van der Waals surface area contributed by atoms with Gasteiger partial charge in [-0.1, -0.05) is 48.5 Å². The summed E-state index contributed by atoms with van der Waals surface area (Å²) in [5.74, 6) is 0.860. The first kappa shape index (κ1) is 19.1. The van der Waals surface area contributed by atoms with Gasteiger partial charge in [0.25, 0.3) is 5.91 Å². The zero-order valence-electron chi connectivity index (χ0n) is 16.8. The fraction of sp³-hybridized carbons (Fsp3) is 0.240. The Morgan fingerprint density at radius 3 is 2.17 bits per heavy atom. The molecule has 4 rings (SSSR count). The Labute approximate surface area is 172 Å². The van der Waals surface area contributed by atoms with Crippen LogP contribution in [0.5, 0.6) is 5.75 Å². The number of hydrogen-bond acceptors (Lipinski definition) is 3. The number of ether oxygens (including phenoxy) is 1. The minimum absolute atomic E-state index is 0.0871. The second-order valence-corrected chi connectivity index (χ2v) is 7.36. The van der Waals surface area contributed by atoms with Gasteiger partial charge in [0.2, 0.25) is 0 Å². The summed E-state index contributed by atoms with van der Waals surface area (Å²) in [4.78, 5) is 17.2. The second kappa shape index (κ2) is 8.82. The van der Waals surface area contributed by atoms with Crippen LogP contribution in [0.25, 0.3) is 0 Å². The van der Waals surface area contributed by atoms with Gasteiger partial charge in [-0.15, -0.1) is 0 Å². The van der Waals surface area contributed by atoms with Crippen molar-refractivity contribution in [1.29, 1.82) is 0 Å². The first-order chi connectivity index (χ1) is 14.2. The van der Waals surface area contributed by atoms with Crippen LogP contribution >= 0.6 is 0 Å². The van der Waals surface area contributed by atoms with Gasteiger partial charge in [0.15, 0.2) is 0 Å². The highest BCUT2D eigenvalue weighted by Crippen LogP contribution is 2.22. The van der Waals surface area contributed by atoms with E-state index in [1.165, 1.54) is 11.3 Å². The van der Waals surface area contributed by atoms with Crippen molar-refractivity contribution >= 4 is 11.6 Å². The highest BCUT2D eigenvalue weighted by Gasteiger charge is 2.22. The van der Waals surface area contributed by atoms with Crippen LogP contribution in [0.15, 0.2) is 78.9 Å². The quantitative estimate of drug-likeness (QED) is 0.646. The Kier molecular flexibility index (Phi) is 5.80. The summed E-state index contributed by atoms with van der Waals surface area (Å²) in [6.07, 6.45) is 0. The van der Waals surface area contributed by atoms with Crippen molar-refractivity contribution in [2.45, 2.75) is 13.5 Å². The van der Waals surface area contributed by atoms with Crippen LogP contribution in [0.4, 0.5) is 5.69 Å². The highest BCUT2D eigenvalue weighted by molar-refractivity contribution is 5.94. The maximum Gasteiger partial charge on any atom is 0.253 e. The van der Waals surface area contributed by atoms with E-state index in [1.54, 1.807) is 0 Å². The van der Waals surface area contributed by atoms with Crippen molar-refractivity contribution in [3.05, 3.63) is 95.6 Å². The fourth-order valence-electron chi connectivity index (χ4n) is 3.69. The van der Waals surface area contributed by atoms with E-state index in [-0.39, 0.29) is 5.91 Å². The van der Waals surface area contributed by atoms with E-state index in [0.717, 1.165) is 37.5 Å². The molecule has 1 aliphatic rings. The van der Waals surface area contributed by atoms with E-state index in [0.29, 0.717) is 12.2 Å². The predicted molar refractivity (Wildman–Crippen MR) is 117 cm³/mol. The molecule has 4 heteroatoms. The minimum Gasteiger partial charge on any atom is -0.489 e. The van der Waals surface area contributed by atoms with Gasteiger partial charge in [-0.3, -0.25) is 4.79 Å². The fourth-order valence-corrected chi connectivity index (χ4v) is 3.69. The molecule has 3 aromatic carbocycles. The molecule has 0 unspecified atom stereocenters. The molecule has 1 saturated heterocycles. The number of carbonyl (C=O) groups is 1. The molecular formula is C25H26N2O2. The number of anilines is 1. The van der Waals surface area contributed by atoms with Gasteiger partial charge in [0, 0.05) is 37.4 Å². The number of benzene rings is 3. The largest absolute Gasteiger partial charge is 0.489 e. The summed E-state index contributed by atoms with van der Waals surface area (Å²) in [5.41, 5.74) is 4.37. The Morgan fingerprint density at radius 2 is 1.48 bits per heavy atom. The van der Waals surface area contributed by atoms with Crippen molar-refractivity contribution in [2.75, 3.05) is 31.1 Å². The normalized spacial score (nSPS) is 14.0. The monoisotopic (exact) mass is 386 g/mol. The molecule has 3 aromatic rings. The van der Waals surface area contributed by atoms with E-state index in [4.69, 9.17) is 4.74 Å². The Balaban J connectivity index is 1.32. The minimum atomic E-state index is 0.0871. The first-order valence-electron chi connectivity index (χ1n) is 10.1. The van der Waals surface area contributed by atoms with E-state index < -0.39 is 0 Å². The number of aryl methyl sites for hydroxylation is 1. The van der Waals surface area contributed by atoms with Gasteiger partial charge < -0.3 is 14.5 Å². The number of hydrogen-bond donors (Lipinski definition) is 0. The number of para-hydroxylation sites is 1. The average molecular weight is 386 g/mol. The maximum atomic E-state index is 12.9. The van der Waals surface area contributed by atoms with Crippen LogP contribution in [0, 0.1) is 6.92 Å². The zero-order chi connectivity index (χ0) is 20.1. The van der Waals surface area contributed by atoms with E-state index in [2.05, 4.69) is 36.1 Å². The van der Waals surface area contributed by atoms with Gasteiger partial charge >= 0.3 is 0 Å². The lowest BCUT2D eigenvalue weighted by atomic mass is 10.1. The molecule has 1 fully saturated rings. The standard InChI is InChI=1S/C25H26N2O2/c1-20-7-5-6-10-24(20)26-15-17-27(18-16-26)25(28)22-11-13-23(14-12-22)29-19-21-8-3-2-4-9-21/h2-14H,15-19H2,1H3. The van der Waals surface area contributed by atoms with Gasteiger partial charge in [-0.05, 0) is 48.4 Å². The van der Waals surface area contributed by atoms with Gasteiger partial charge in [0.05, 0.1) is 0 Å². The van der Waals surface area contributed by atoms with Crippen molar-refractivity contribution in [2.24, 2.45) is 0 Å². The molecule has 0 radical (unpaired) electrons. The first-order valence-corrected chi connectivity index (χ1v) is 10.1. The summed E-state index contributed by atoms with van der Waals surface area (Å²) in [6.45, 7) is 5.84. The van der Waals surface area contributed by atoms with Gasteiger partial charge in [0.1, 0.15) is 12.4 Å². The lowest BCUT2D eigenvalue weighted by molar-refractivity contribution is 0.0746. The van der Waals surface area contributed by atoms with E-state index in [9.17, 15) is 4.79 Å². The number of nitrogens with zero attached hydrogens (tertiary/aromatic N) is 2. The predicted octanol–water partition coefficient (Wildman–Crippen LogP) is 4.54. The molecule has 1 heterocycles. The third-order valence-corrected chi connectivity index (χ3v) is 5.37. The average Bonchev–Trinajstić information content (AvgIpc) is 2.79. The zero-order valence-corrected chi connectivity index (χ0v) is 16.8. The number of piperazine rings is 1. The summed E-state index contributed by atoms with van der Waals surface area (Å²) in [7, 11) is 0. The molecule has 0 N–H and O–H groups in total. The Hall–Kier alpha value is -3.27. The lowest BCUT2D eigenvalue weighted by Gasteiger charge is -2.36. The smallest absolute Gasteiger partial charge is 0.253 e. The molecule has 1 aliphatic heterocycles. The van der Waals surface area contributed by atoms with Crippen LogP contribution in [0.3, 0.4) is 0 Å². The van der Waals surface area contributed by atoms with Crippen molar-refractivity contribution in [3.63, 3.8) is 0 Å². The molecule has 0 spiro atoms. The summed E-state index contributed by atoms with van der Waals surface area (Å²) in [5, 5.41) is 0. The molecule has 4 nitrogen and oxygen atoms in total. The SMILES string of the molecule is Cc1ccccc1N1CCN(C(=O)c2ccc(OCc3ccccc3)cc2)CC1. The molecule has 0 atom stereocenters. The van der Waals surface area contributed by atoms with Crippen molar-refractivity contribution in [3.8, 4) is 5.75 Å². The maximum absolute atomic E-state index is 12.9. The second-order valence-electron chi connectivity index (χ2n) is 7.36. The van der Waals surface area contributed by atoms with Gasteiger partial charge in [-0.2, -0.15) is 0 Å². The Bertz CT molecular complexity index is 946. The van der Waals surface area contributed by atoms with Crippen molar-refractivity contribution < 1.29 is 9.53 Å². The summed E-state index contributed by atoms with van der Waals surface area (Å²) >= 11 is 0. The molecule has 0 aliphatic carbocycles. The van der Waals surface area contributed by atoms with Crippen LogP contribution in [-0.4, -0.2) is 37.0 Å². The molecule has 0 bridgehead atoms. The molecule has 29 heavy (non-hydrogen) atoms. The summed E-state index contributed by atoms with van der Waals surface area (Å²) < 4.78 is 5.81. The topological polar surface area (TPSA) is 32.8 Å².